The standard InChI is InChI=1S/C24H21F3N2O3/c1-2-20(24(31)23-17(25)6-3-7-18(23)26)29-22(30)11-9-15-8-10-21(19(27)13-15)32-16-5-4-12-28-14-16/h3-14,20,24,31H,2H2,1H3,(H,29,30)/b11-9+. The second-order valence-electron chi connectivity index (χ2n) is 6.92. The molecule has 2 atom stereocenters. The highest BCUT2D eigenvalue weighted by atomic mass is 19.1. The number of halogens is 3. The van der Waals surface area contributed by atoms with Crippen molar-refractivity contribution in [2.45, 2.75) is 25.5 Å². The van der Waals surface area contributed by atoms with Crippen molar-refractivity contribution in [2.75, 3.05) is 0 Å². The lowest BCUT2D eigenvalue weighted by molar-refractivity contribution is -0.118. The zero-order valence-corrected chi connectivity index (χ0v) is 17.1. The molecular formula is C24H21F3N2O3. The first-order chi connectivity index (χ1) is 15.4. The third kappa shape index (κ3) is 5.73. The number of hydrogen-bond donors (Lipinski definition) is 2. The van der Waals surface area contributed by atoms with Crippen LogP contribution in [0.15, 0.2) is 67.0 Å². The number of amides is 1. The molecule has 166 valence electrons. The van der Waals surface area contributed by atoms with Gasteiger partial charge in [0.25, 0.3) is 0 Å². The number of nitrogens with one attached hydrogen (secondary N) is 1. The summed E-state index contributed by atoms with van der Waals surface area (Å²) < 4.78 is 47.6. The second kappa shape index (κ2) is 10.6. The van der Waals surface area contributed by atoms with E-state index in [0.29, 0.717) is 11.3 Å². The summed E-state index contributed by atoms with van der Waals surface area (Å²) in [4.78, 5) is 16.1. The molecule has 8 heteroatoms. The smallest absolute Gasteiger partial charge is 0.244 e. The van der Waals surface area contributed by atoms with Gasteiger partial charge in [0.2, 0.25) is 5.91 Å². The van der Waals surface area contributed by atoms with Crippen LogP contribution in [0, 0.1) is 17.5 Å². The summed E-state index contributed by atoms with van der Waals surface area (Å²) >= 11 is 0. The lowest BCUT2D eigenvalue weighted by Crippen LogP contribution is -2.38. The van der Waals surface area contributed by atoms with Gasteiger partial charge in [0, 0.05) is 12.3 Å². The normalized spacial score (nSPS) is 13.0. The van der Waals surface area contributed by atoms with Crippen molar-refractivity contribution in [3.63, 3.8) is 0 Å². The number of aliphatic hydroxyl groups excluding tert-OH is 1. The maximum atomic E-state index is 14.3. The molecule has 1 heterocycles. The zero-order valence-electron chi connectivity index (χ0n) is 17.1. The molecule has 5 nitrogen and oxygen atoms in total. The minimum Gasteiger partial charge on any atom is -0.453 e. The Kier molecular flexibility index (Phi) is 7.62. The van der Waals surface area contributed by atoms with Crippen molar-refractivity contribution in [1.82, 2.24) is 10.3 Å². The van der Waals surface area contributed by atoms with Crippen LogP contribution in [0.5, 0.6) is 11.5 Å². The van der Waals surface area contributed by atoms with Crippen LogP contribution in [-0.2, 0) is 4.79 Å². The molecule has 1 aromatic heterocycles. The number of aromatic nitrogens is 1. The fourth-order valence-corrected chi connectivity index (χ4v) is 3.04. The molecule has 1 amide bonds. The Hall–Kier alpha value is -3.65. The number of carbonyl (C=O) groups excluding carboxylic acids is 1. The maximum Gasteiger partial charge on any atom is 0.244 e. The van der Waals surface area contributed by atoms with E-state index in [1.165, 1.54) is 30.5 Å². The number of pyridine rings is 1. The van der Waals surface area contributed by atoms with Crippen molar-refractivity contribution in [2.24, 2.45) is 0 Å². The fraction of sp³-hybridized carbons (Fsp3) is 0.167. The highest BCUT2D eigenvalue weighted by Gasteiger charge is 2.26. The number of nitrogens with zero attached hydrogens (tertiary/aromatic N) is 1. The number of hydrogen-bond acceptors (Lipinski definition) is 4. The van der Waals surface area contributed by atoms with Crippen LogP contribution in [0.1, 0.15) is 30.6 Å². The highest BCUT2D eigenvalue weighted by Crippen LogP contribution is 2.26. The van der Waals surface area contributed by atoms with Gasteiger partial charge in [-0.2, -0.15) is 0 Å². The summed E-state index contributed by atoms with van der Waals surface area (Å²) in [5, 5.41) is 12.9. The molecule has 0 saturated heterocycles. The number of aliphatic hydroxyl groups is 1. The molecule has 32 heavy (non-hydrogen) atoms. The predicted octanol–water partition coefficient (Wildman–Crippen LogP) is 4.93. The molecule has 2 aromatic carbocycles. The Labute approximate surface area is 183 Å². The first-order valence-electron chi connectivity index (χ1n) is 9.87. The van der Waals surface area contributed by atoms with Crippen LogP contribution < -0.4 is 10.1 Å². The summed E-state index contributed by atoms with van der Waals surface area (Å²) in [6, 6.07) is 9.79. The number of ether oxygens (including phenoxy) is 1. The number of carbonyl (C=O) groups is 1. The van der Waals surface area contributed by atoms with Gasteiger partial charge in [-0.1, -0.05) is 19.1 Å². The maximum absolute atomic E-state index is 14.3. The van der Waals surface area contributed by atoms with E-state index in [1.807, 2.05) is 0 Å². The van der Waals surface area contributed by atoms with Crippen LogP contribution in [0.3, 0.4) is 0 Å². The van der Waals surface area contributed by atoms with Gasteiger partial charge in [0.05, 0.1) is 17.8 Å². The van der Waals surface area contributed by atoms with E-state index in [9.17, 15) is 23.1 Å². The minimum atomic E-state index is -1.57. The third-order valence-corrected chi connectivity index (χ3v) is 4.69. The Balaban J connectivity index is 1.65. The molecule has 2 N–H and O–H groups in total. The second-order valence-corrected chi connectivity index (χ2v) is 6.92. The Morgan fingerprint density at radius 1 is 1.12 bits per heavy atom. The molecule has 0 aliphatic rings. The monoisotopic (exact) mass is 442 g/mol. The van der Waals surface area contributed by atoms with Crippen LogP contribution in [-0.4, -0.2) is 22.0 Å². The van der Waals surface area contributed by atoms with E-state index in [4.69, 9.17) is 4.74 Å². The van der Waals surface area contributed by atoms with Gasteiger partial charge in [-0.15, -0.1) is 0 Å². The van der Waals surface area contributed by atoms with Gasteiger partial charge in [-0.3, -0.25) is 9.78 Å². The van der Waals surface area contributed by atoms with Crippen LogP contribution in [0.4, 0.5) is 13.2 Å². The summed E-state index contributed by atoms with van der Waals surface area (Å²) in [5.74, 6) is -2.66. The first-order valence-corrected chi connectivity index (χ1v) is 9.87. The number of benzene rings is 2. The van der Waals surface area contributed by atoms with Crippen molar-refractivity contribution in [3.05, 3.63) is 95.6 Å². The fourth-order valence-electron chi connectivity index (χ4n) is 3.04. The molecule has 0 saturated carbocycles. The molecule has 0 fully saturated rings. The lowest BCUT2D eigenvalue weighted by Gasteiger charge is -2.23. The molecule has 0 aliphatic carbocycles. The average Bonchev–Trinajstić information content (AvgIpc) is 2.78. The average molecular weight is 442 g/mol. The Morgan fingerprint density at radius 3 is 2.50 bits per heavy atom. The van der Waals surface area contributed by atoms with Crippen LogP contribution in [0.25, 0.3) is 6.08 Å². The van der Waals surface area contributed by atoms with E-state index >= 15 is 0 Å². The number of rotatable bonds is 8. The van der Waals surface area contributed by atoms with Crippen molar-refractivity contribution in [1.29, 1.82) is 0 Å². The van der Waals surface area contributed by atoms with Crippen molar-refractivity contribution < 1.29 is 27.8 Å². The topological polar surface area (TPSA) is 71.5 Å². The molecule has 0 radical (unpaired) electrons. The molecule has 0 bridgehead atoms. The SMILES string of the molecule is CCC(NC(=O)/C=C/c1ccc(Oc2cccnc2)c(F)c1)C(O)c1c(F)cccc1F. The molecular weight excluding hydrogens is 421 g/mol. The van der Waals surface area contributed by atoms with Gasteiger partial charge in [0.1, 0.15) is 23.5 Å². The Bertz CT molecular complexity index is 1090. The van der Waals surface area contributed by atoms with Crippen molar-refractivity contribution in [3.8, 4) is 11.5 Å². The molecule has 0 spiro atoms. The van der Waals surface area contributed by atoms with E-state index in [-0.39, 0.29) is 12.2 Å². The highest BCUT2D eigenvalue weighted by molar-refractivity contribution is 5.92. The quantitative estimate of drug-likeness (QED) is 0.485. The van der Waals surface area contributed by atoms with E-state index in [1.54, 1.807) is 31.3 Å². The molecule has 3 aromatic rings. The van der Waals surface area contributed by atoms with Gasteiger partial charge in [0.15, 0.2) is 11.6 Å². The minimum absolute atomic E-state index is 0.000634. The van der Waals surface area contributed by atoms with Gasteiger partial charge >= 0.3 is 0 Å². The van der Waals surface area contributed by atoms with Gasteiger partial charge < -0.3 is 15.2 Å². The molecule has 3 rings (SSSR count). The lowest BCUT2D eigenvalue weighted by atomic mass is 9.99. The van der Waals surface area contributed by atoms with E-state index < -0.39 is 41.1 Å². The first kappa shape index (κ1) is 23.0. The largest absolute Gasteiger partial charge is 0.453 e. The third-order valence-electron chi connectivity index (χ3n) is 4.69. The molecule has 0 aliphatic heterocycles. The van der Waals surface area contributed by atoms with Crippen LogP contribution in [0.2, 0.25) is 0 Å². The summed E-state index contributed by atoms with van der Waals surface area (Å²) in [7, 11) is 0. The van der Waals surface area contributed by atoms with Gasteiger partial charge in [-0.05, 0) is 54.5 Å². The summed E-state index contributed by atoms with van der Waals surface area (Å²) in [6.45, 7) is 1.66. The van der Waals surface area contributed by atoms with Crippen molar-refractivity contribution >= 4 is 12.0 Å². The van der Waals surface area contributed by atoms with E-state index in [0.717, 1.165) is 18.2 Å². The van der Waals surface area contributed by atoms with Gasteiger partial charge in [-0.25, -0.2) is 13.2 Å². The zero-order chi connectivity index (χ0) is 23.1. The molecule has 2 unspecified atom stereocenters. The Morgan fingerprint density at radius 2 is 1.88 bits per heavy atom. The van der Waals surface area contributed by atoms with Crippen LogP contribution >= 0.6 is 0 Å². The summed E-state index contributed by atoms with van der Waals surface area (Å²) in [5.41, 5.74) is -0.111. The van der Waals surface area contributed by atoms with E-state index in [2.05, 4.69) is 10.3 Å². The summed E-state index contributed by atoms with van der Waals surface area (Å²) in [6.07, 6.45) is 4.18. The predicted molar refractivity (Wildman–Crippen MR) is 113 cm³/mol.